The third-order valence-corrected chi connectivity index (χ3v) is 6.60. The average Bonchev–Trinajstić information content (AvgIpc) is 3.17. The number of ether oxygens (including phenoxy) is 4. The summed E-state index contributed by atoms with van der Waals surface area (Å²) in [6.45, 7) is 2.12. The fraction of sp³-hybridized carbons (Fsp3) is 0.269. The molecule has 0 saturated carbocycles. The molecule has 35 heavy (non-hydrogen) atoms. The van der Waals surface area contributed by atoms with E-state index in [0.29, 0.717) is 32.1 Å². The van der Waals surface area contributed by atoms with Crippen LogP contribution >= 0.6 is 11.3 Å². The number of benzene rings is 2. The van der Waals surface area contributed by atoms with Crippen molar-refractivity contribution in [1.82, 2.24) is 4.57 Å². The summed E-state index contributed by atoms with van der Waals surface area (Å²) < 4.78 is 23.2. The Kier molecular flexibility index (Phi) is 7.48. The van der Waals surface area contributed by atoms with E-state index in [1.54, 1.807) is 43.9 Å². The van der Waals surface area contributed by atoms with E-state index in [1.165, 1.54) is 18.4 Å². The molecule has 0 N–H and O–H groups in total. The van der Waals surface area contributed by atoms with E-state index in [0.717, 1.165) is 11.1 Å². The molecule has 1 atom stereocenters. The maximum absolute atomic E-state index is 13.7. The standard InChI is InChI=1S/C26H26N2O6S/c1-16-22(25(30)34-14-13-31-2)23(17-9-11-19(32-3)12-10-17)28-24(29)21(35-26(28)27-16)15-18-7-5-6-8-20(18)33-4/h5-12,15,23H,13-14H2,1-4H3/b21-15+. The smallest absolute Gasteiger partial charge is 0.338 e. The Morgan fingerprint density at radius 2 is 1.80 bits per heavy atom. The molecule has 0 spiro atoms. The van der Waals surface area contributed by atoms with Gasteiger partial charge < -0.3 is 18.9 Å². The summed E-state index contributed by atoms with van der Waals surface area (Å²) in [7, 11) is 4.70. The van der Waals surface area contributed by atoms with E-state index in [-0.39, 0.29) is 18.8 Å². The van der Waals surface area contributed by atoms with Crippen LogP contribution in [0.15, 0.2) is 69.6 Å². The molecular weight excluding hydrogens is 468 g/mol. The molecule has 182 valence electrons. The van der Waals surface area contributed by atoms with E-state index in [9.17, 15) is 9.59 Å². The predicted molar refractivity (Wildman–Crippen MR) is 133 cm³/mol. The molecule has 0 aliphatic carbocycles. The Morgan fingerprint density at radius 1 is 1.06 bits per heavy atom. The van der Waals surface area contributed by atoms with Crippen LogP contribution < -0.4 is 24.4 Å². The lowest BCUT2D eigenvalue weighted by molar-refractivity contribution is -0.140. The van der Waals surface area contributed by atoms with Gasteiger partial charge in [-0.2, -0.15) is 0 Å². The van der Waals surface area contributed by atoms with Gasteiger partial charge in [-0.1, -0.05) is 41.7 Å². The second-order valence-electron chi connectivity index (χ2n) is 7.73. The molecule has 1 aliphatic heterocycles. The predicted octanol–water partition coefficient (Wildman–Crippen LogP) is 2.44. The van der Waals surface area contributed by atoms with Gasteiger partial charge in [-0.15, -0.1) is 0 Å². The number of carbonyl (C=O) groups excluding carboxylic acids is 1. The number of aromatic nitrogens is 1. The Bertz CT molecular complexity index is 1440. The number of nitrogens with zero attached hydrogens (tertiary/aromatic N) is 2. The molecule has 0 radical (unpaired) electrons. The minimum atomic E-state index is -0.702. The first-order valence-electron chi connectivity index (χ1n) is 10.9. The summed E-state index contributed by atoms with van der Waals surface area (Å²) in [4.78, 5) is 31.9. The zero-order valence-corrected chi connectivity index (χ0v) is 20.8. The topological polar surface area (TPSA) is 88.4 Å². The number of thiazole rings is 1. The van der Waals surface area contributed by atoms with Crippen LogP contribution in [0.3, 0.4) is 0 Å². The number of hydrogen-bond donors (Lipinski definition) is 0. The minimum absolute atomic E-state index is 0.0969. The first kappa shape index (κ1) is 24.4. The lowest BCUT2D eigenvalue weighted by Crippen LogP contribution is -2.40. The van der Waals surface area contributed by atoms with Crippen LogP contribution in [0.1, 0.15) is 24.1 Å². The zero-order valence-electron chi connectivity index (χ0n) is 19.9. The van der Waals surface area contributed by atoms with E-state index in [1.807, 2.05) is 36.4 Å². The van der Waals surface area contributed by atoms with Gasteiger partial charge in [-0.25, -0.2) is 9.79 Å². The van der Waals surface area contributed by atoms with Crippen LogP contribution in [0.2, 0.25) is 0 Å². The van der Waals surface area contributed by atoms with Gasteiger partial charge >= 0.3 is 5.97 Å². The van der Waals surface area contributed by atoms with E-state index >= 15 is 0 Å². The summed E-state index contributed by atoms with van der Waals surface area (Å²) in [5, 5.41) is 0. The molecule has 4 rings (SSSR count). The van der Waals surface area contributed by atoms with Crippen molar-refractivity contribution in [3.63, 3.8) is 0 Å². The Hall–Kier alpha value is -3.69. The van der Waals surface area contributed by atoms with Crippen LogP contribution in [0, 0.1) is 0 Å². The number of methoxy groups -OCH3 is 3. The normalized spacial score (nSPS) is 15.4. The van der Waals surface area contributed by atoms with Gasteiger partial charge in [0.15, 0.2) is 4.80 Å². The van der Waals surface area contributed by atoms with Crippen LogP contribution in [-0.4, -0.2) is 45.1 Å². The molecule has 0 bridgehead atoms. The molecule has 0 saturated heterocycles. The highest BCUT2D eigenvalue weighted by molar-refractivity contribution is 7.07. The highest BCUT2D eigenvalue weighted by atomic mass is 32.1. The number of allylic oxidation sites excluding steroid dienone is 1. The summed E-state index contributed by atoms with van der Waals surface area (Å²) in [6.07, 6.45) is 1.78. The maximum Gasteiger partial charge on any atom is 0.338 e. The third kappa shape index (κ3) is 4.91. The van der Waals surface area contributed by atoms with E-state index < -0.39 is 12.0 Å². The number of fused-ring (bicyclic) bond motifs is 1. The molecule has 2 heterocycles. The first-order chi connectivity index (χ1) is 17.0. The lowest BCUT2D eigenvalue weighted by Gasteiger charge is -2.25. The maximum atomic E-state index is 13.7. The van der Waals surface area contributed by atoms with Crippen LogP contribution in [0.4, 0.5) is 0 Å². The van der Waals surface area contributed by atoms with Gasteiger partial charge in [0.25, 0.3) is 5.56 Å². The van der Waals surface area contributed by atoms with Crippen LogP contribution in [0.5, 0.6) is 11.5 Å². The number of rotatable bonds is 8. The molecule has 9 heteroatoms. The molecule has 0 amide bonds. The zero-order chi connectivity index (χ0) is 24.9. The number of carbonyl (C=O) groups is 1. The first-order valence-corrected chi connectivity index (χ1v) is 11.8. The second-order valence-corrected chi connectivity index (χ2v) is 8.73. The fourth-order valence-electron chi connectivity index (χ4n) is 3.91. The lowest BCUT2D eigenvalue weighted by atomic mass is 9.96. The van der Waals surface area contributed by atoms with Crippen molar-refractivity contribution in [3.05, 3.63) is 90.6 Å². The van der Waals surface area contributed by atoms with Crippen molar-refractivity contribution in [2.45, 2.75) is 13.0 Å². The Balaban J connectivity index is 1.89. The molecule has 1 aromatic heterocycles. The highest BCUT2D eigenvalue weighted by Gasteiger charge is 2.33. The van der Waals surface area contributed by atoms with Crippen molar-refractivity contribution in [3.8, 4) is 11.5 Å². The fourth-order valence-corrected chi connectivity index (χ4v) is 4.94. The van der Waals surface area contributed by atoms with Crippen molar-refractivity contribution in [1.29, 1.82) is 0 Å². The van der Waals surface area contributed by atoms with Crippen molar-refractivity contribution >= 4 is 23.4 Å². The van der Waals surface area contributed by atoms with Gasteiger partial charge in [0.1, 0.15) is 18.1 Å². The van der Waals surface area contributed by atoms with Gasteiger partial charge in [-0.3, -0.25) is 9.36 Å². The van der Waals surface area contributed by atoms with Crippen molar-refractivity contribution < 1.29 is 23.7 Å². The molecule has 1 unspecified atom stereocenters. The summed E-state index contributed by atoms with van der Waals surface area (Å²) >= 11 is 1.26. The second kappa shape index (κ2) is 10.7. The van der Waals surface area contributed by atoms with Gasteiger partial charge in [0.05, 0.1) is 42.7 Å². The summed E-state index contributed by atoms with van der Waals surface area (Å²) in [5.74, 6) is 0.786. The highest BCUT2D eigenvalue weighted by Crippen LogP contribution is 2.31. The largest absolute Gasteiger partial charge is 0.497 e. The van der Waals surface area contributed by atoms with E-state index in [2.05, 4.69) is 4.99 Å². The number of para-hydroxylation sites is 1. The van der Waals surface area contributed by atoms with Crippen LogP contribution in [-0.2, 0) is 14.3 Å². The van der Waals surface area contributed by atoms with Crippen LogP contribution in [0.25, 0.3) is 6.08 Å². The molecule has 8 nitrogen and oxygen atoms in total. The molecule has 3 aromatic rings. The number of esters is 1. The summed E-state index contributed by atoms with van der Waals surface area (Å²) in [5.41, 5.74) is 2.07. The average molecular weight is 495 g/mol. The van der Waals surface area contributed by atoms with Gasteiger partial charge in [0, 0.05) is 12.7 Å². The molecule has 0 fully saturated rings. The Labute approximate surface area is 206 Å². The van der Waals surface area contributed by atoms with Crippen molar-refractivity contribution in [2.24, 2.45) is 4.99 Å². The van der Waals surface area contributed by atoms with Gasteiger partial charge in [-0.05, 0) is 36.8 Å². The number of hydrogen-bond acceptors (Lipinski definition) is 8. The molecule has 1 aliphatic rings. The third-order valence-electron chi connectivity index (χ3n) is 5.62. The summed E-state index contributed by atoms with van der Waals surface area (Å²) in [6, 6.07) is 14.0. The van der Waals surface area contributed by atoms with Gasteiger partial charge in [0.2, 0.25) is 0 Å². The van der Waals surface area contributed by atoms with Crippen molar-refractivity contribution in [2.75, 3.05) is 34.5 Å². The Morgan fingerprint density at radius 3 is 2.49 bits per heavy atom. The molecule has 2 aromatic carbocycles. The monoisotopic (exact) mass is 494 g/mol. The SMILES string of the molecule is COCCOC(=O)C1=C(C)N=c2s/c(=C/c3ccccc3OC)c(=O)n2C1c1ccc(OC)cc1. The molecular formula is C26H26N2O6S. The minimum Gasteiger partial charge on any atom is -0.497 e. The van der Waals surface area contributed by atoms with E-state index in [4.69, 9.17) is 18.9 Å². The quantitative estimate of drug-likeness (QED) is 0.353.